The first-order valence-electron chi connectivity index (χ1n) is 11.7. The molecular formula is C25H25F3N6O2S. The molecule has 1 aliphatic heterocycles. The molecule has 0 fully saturated rings. The highest BCUT2D eigenvalue weighted by atomic mass is 32.1. The van der Waals surface area contributed by atoms with Crippen molar-refractivity contribution in [2.75, 3.05) is 18.9 Å². The number of anilines is 1. The molecule has 0 saturated heterocycles. The summed E-state index contributed by atoms with van der Waals surface area (Å²) in [6, 6.07) is 10.5. The summed E-state index contributed by atoms with van der Waals surface area (Å²) < 4.78 is 47.2. The van der Waals surface area contributed by atoms with Crippen molar-refractivity contribution in [2.24, 2.45) is 0 Å². The molecule has 194 valence electrons. The normalized spacial score (nSPS) is 16.2. The van der Waals surface area contributed by atoms with E-state index in [-0.39, 0.29) is 35.9 Å². The fourth-order valence-electron chi connectivity index (χ4n) is 4.33. The number of carbonyl (C=O) groups is 1. The van der Waals surface area contributed by atoms with Gasteiger partial charge in [-0.2, -0.15) is 18.2 Å². The van der Waals surface area contributed by atoms with Crippen LogP contribution in [0.3, 0.4) is 0 Å². The first kappa shape index (κ1) is 24.9. The van der Waals surface area contributed by atoms with Crippen LogP contribution in [0.15, 0.2) is 58.6 Å². The number of thiophene rings is 1. The number of nitrogens with one attached hydrogen (secondary N) is 2. The molecule has 0 aliphatic carbocycles. The largest absolute Gasteiger partial charge is 0.406 e. The minimum absolute atomic E-state index is 0.0177. The average molecular weight is 531 g/mol. The number of benzene rings is 1. The van der Waals surface area contributed by atoms with Gasteiger partial charge in [-0.3, -0.25) is 4.79 Å². The summed E-state index contributed by atoms with van der Waals surface area (Å²) in [7, 11) is 2.01. The summed E-state index contributed by atoms with van der Waals surface area (Å²) in [5.41, 5.74) is 1.31. The maximum atomic E-state index is 13.6. The number of alkyl halides is 3. The molecule has 12 heteroatoms. The standard InChI is InChI=1S/C25H25F3N6O2S/c1-33-10-3-5-16(9-11-33)30-18-6-2-7-19-17(18)13-20(34(19)15-25(26,27)28)24-31-22(32-36-24)14-29-23(35)21-8-4-12-37-21/h2-4,6-8,10,12-13,16,30H,5,9,11,14-15H2,1H3,(H,29,35). The zero-order valence-corrected chi connectivity index (χ0v) is 20.8. The van der Waals surface area contributed by atoms with Crippen molar-refractivity contribution >= 4 is 33.8 Å². The Balaban J connectivity index is 1.44. The third-order valence-corrected chi connectivity index (χ3v) is 6.96. The second-order valence-corrected chi connectivity index (χ2v) is 9.82. The number of halogens is 3. The number of fused-ring (bicyclic) bond motifs is 1. The van der Waals surface area contributed by atoms with Gasteiger partial charge in [0.2, 0.25) is 0 Å². The lowest BCUT2D eigenvalue weighted by molar-refractivity contribution is -0.139. The van der Waals surface area contributed by atoms with E-state index in [0.29, 0.717) is 15.8 Å². The number of amides is 1. The first-order valence-corrected chi connectivity index (χ1v) is 12.6. The lowest BCUT2D eigenvalue weighted by Crippen LogP contribution is -2.22. The number of carbonyl (C=O) groups excluding carboxylic acids is 1. The van der Waals surface area contributed by atoms with E-state index in [9.17, 15) is 18.0 Å². The molecule has 0 bridgehead atoms. The highest BCUT2D eigenvalue weighted by Gasteiger charge is 2.31. The molecule has 1 aliphatic rings. The minimum Gasteiger partial charge on any atom is -0.381 e. The van der Waals surface area contributed by atoms with Crippen molar-refractivity contribution in [3.63, 3.8) is 0 Å². The molecule has 1 unspecified atom stereocenters. The number of rotatable bonds is 7. The van der Waals surface area contributed by atoms with Crippen LogP contribution in [0.2, 0.25) is 0 Å². The second-order valence-electron chi connectivity index (χ2n) is 8.88. The highest BCUT2D eigenvalue weighted by Crippen LogP contribution is 2.35. The summed E-state index contributed by atoms with van der Waals surface area (Å²) in [4.78, 5) is 19.1. The molecule has 0 radical (unpaired) electrons. The first-order chi connectivity index (χ1) is 17.8. The molecule has 2 N–H and O–H groups in total. The summed E-state index contributed by atoms with van der Waals surface area (Å²) in [6.07, 6.45) is 1.36. The van der Waals surface area contributed by atoms with Gasteiger partial charge in [-0.1, -0.05) is 23.4 Å². The SMILES string of the molecule is CN1C=CCC(Nc2cccc3c2cc(-c2nc(CNC(=O)c4cccs4)no2)n3CC(F)(F)F)CC1. The fraction of sp³-hybridized carbons (Fsp3) is 0.320. The Bertz CT molecular complexity index is 1410. The molecule has 5 rings (SSSR count). The quantitative estimate of drug-likeness (QED) is 0.339. The Morgan fingerprint density at radius 2 is 2.14 bits per heavy atom. The van der Waals surface area contributed by atoms with Crippen molar-refractivity contribution in [2.45, 2.75) is 38.1 Å². The van der Waals surface area contributed by atoms with Gasteiger partial charge < -0.3 is 24.6 Å². The zero-order valence-electron chi connectivity index (χ0n) is 20.0. The lowest BCUT2D eigenvalue weighted by atomic mass is 10.1. The van der Waals surface area contributed by atoms with Crippen LogP contribution < -0.4 is 10.6 Å². The molecule has 4 aromatic rings. The lowest BCUT2D eigenvalue weighted by Gasteiger charge is -2.19. The van der Waals surface area contributed by atoms with Crippen molar-refractivity contribution < 1.29 is 22.5 Å². The van der Waals surface area contributed by atoms with E-state index in [1.54, 1.807) is 35.7 Å². The summed E-state index contributed by atoms with van der Waals surface area (Å²) in [5.74, 6) is -0.176. The van der Waals surface area contributed by atoms with E-state index < -0.39 is 12.7 Å². The predicted octanol–water partition coefficient (Wildman–Crippen LogP) is 5.26. The molecular weight excluding hydrogens is 505 g/mol. The molecule has 1 aromatic carbocycles. The minimum atomic E-state index is -4.46. The summed E-state index contributed by atoms with van der Waals surface area (Å²) in [5, 5.41) is 12.5. The topological polar surface area (TPSA) is 88.2 Å². The average Bonchev–Trinajstić information content (AvgIpc) is 3.59. The van der Waals surface area contributed by atoms with Gasteiger partial charge in [-0.25, -0.2) is 0 Å². The zero-order chi connectivity index (χ0) is 26.0. The molecule has 0 saturated carbocycles. The Labute approximate surface area is 214 Å². The van der Waals surface area contributed by atoms with Crippen LogP contribution in [0.25, 0.3) is 22.5 Å². The molecule has 3 aromatic heterocycles. The highest BCUT2D eigenvalue weighted by molar-refractivity contribution is 7.12. The van der Waals surface area contributed by atoms with Crippen LogP contribution in [0, 0.1) is 0 Å². The molecule has 0 spiro atoms. The predicted molar refractivity (Wildman–Crippen MR) is 135 cm³/mol. The molecule has 4 heterocycles. The van der Waals surface area contributed by atoms with Crippen molar-refractivity contribution in [1.29, 1.82) is 0 Å². The van der Waals surface area contributed by atoms with Crippen LogP contribution in [0.1, 0.15) is 28.3 Å². The van der Waals surface area contributed by atoms with E-state index in [1.807, 2.05) is 19.3 Å². The van der Waals surface area contributed by atoms with E-state index in [2.05, 4.69) is 31.8 Å². The van der Waals surface area contributed by atoms with E-state index in [0.717, 1.165) is 29.6 Å². The van der Waals surface area contributed by atoms with Crippen molar-refractivity contribution in [3.05, 3.63) is 64.8 Å². The number of hydrogen-bond acceptors (Lipinski definition) is 7. The number of aromatic nitrogens is 3. The summed E-state index contributed by atoms with van der Waals surface area (Å²) in [6.45, 7) is -0.354. The number of hydrogen-bond donors (Lipinski definition) is 2. The summed E-state index contributed by atoms with van der Waals surface area (Å²) >= 11 is 1.29. The molecule has 8 nitrogen and oxygen atoms in total. The van der Waals surface area contributed by atoms with Gasteiger partial charge in [0, 0.05) is 30.7 Å². The second kappa shape index (κ2) is 10.3. The van der Waals surface area contributed by atoms with Crippen LogP contribution >= 0.6 is 11.3 Å². The van der Waals surface area contributed by atoms with Crippen LogP contribution in [-0.4, -0.2) is 51.3 Å². The Kier molecular flexibility index (Phi) is 6.92. The van der Waals surface area contributed by atoms with Gasteiger partial charge in [0.15, 0.2) is 5.82 Å². The molecule has 1 amide bonds. The van der Waals surface area contributed by atoms with Gasteiger partial charge >= 0.3 is 6.18 Å². The third-order valence-electron chi connectivity index (χ3n) is 6.09. The van der Waals surface area contributed by atoms with Crippen molar-refractivity contribution in [1.82, 2.24) is 24.9 Å². The number of nitrogens with zero attached hydrogens (tertiary/aromatic N) is 4. The Morgan fingerprint density at radius 1 is 1.27 bits per heavy atom. The van der Waals surface area contributed by atoms with E-state index in [1.165, 1.54) is 11.3 Å². The van der Waals surface area contributed by atoms with Crippen LogP contribution in [0.4, 0.5) is 18.9 Å². The maximum Gasteiger partial charge on any atom is 0.406 e. The van der Waals surface area contributed by atoms with Gasteiger partial charge in [0.25, 0.3) is 11.8 Å². The van der Waals surface area contributed by atoms with E-state index >= 15 is 0 Å². The maximum absolute atomic E-state index is 13.6. The van der Waals surface area contributed by atoms with Gasteiger partial charge in [0.05, 0.1) is 16.9 Å². The molecule has 1 atom stereocenters. The third kappa shape index (κ3) is 5.79. The van der Waals surface area contributed by atoms with Gasteiger partial charge in [-0.05, 0) is 48.7 Å². The van der Waals surface area contributed by atoms with Crippen LogP contribution in [0.5, 0.6) is 0 Å². The monoisotopic (exact) mass is 530 g/mol. The Hall–Kier alpha value is -3.80. The Morgan fingerprint density at radius 3 is 2.92 bits per heavy atom. The smallest absolute Gasteiger partial charge is 0.381 e. The van der Waals surface area contributed by atoms with Gasteiger partial charge in [-0.15, -0.1) is 11.3 Å². The molecule has 37 heavy (non-hydrogen) atoms. The van der Waals surface area contributed by atoms with Crippen molar-refractivity contribution in [3.8, 4) is 11.6 Å². The fourth-order valence-corrected chi connectivity index (χ4v) is 4.97. The van der Waals surface area contributed by atoms with Crippen LogP contribution in [-0.2, 0) is 13.1 Å². The van der Waals surface area contributed by atoms with E-state index in [4.69, 9.17) is 4.52 Å². The van der Waals surface area contributed by atoms with Gasteiger partial charge in [0.1, 0.15) is 12.2 Å².